The van der Waals surface area contributed by atoms with E-state index in [0.717, 1.165) is 0 Å². The lowest BCUT2D eigenvalue weighted by molar-refractivity contribution is -0.116. The van der Waals surface area contributed by atoms with Gasteiger partial charge in [0.1, 0.15) is 0 Å². The zero-order valence-corrected chi connectivity index (χ0v) is 17.4. The Bertz CT molecular complexity index is 898. The predicted molar refractivity (Wildman–Crippen MR) is 115 cm³/mol. The highest BCUT2D eigenvalue weighted by molar-refractivity contribution is 6.00. The lowest BCUT2D eigenvalue weighted by atomic mass is 10.2. The van der Waals surface area contributed by atoms with E-state index in [1.165, 1.54) is 0 Å². The van der Waals surface area contributed by atoms with Crippen molar-refractivity contribution in [2.24, 2.45) is 0 Å². The highest BCUT2D eigenvalue weighted by atomic mass is 16.5. The maximum Gasteiger partial charge on any atom is 0.251 e. The number of carbonyl (C=O) groups excluding carboxylic acids is 3. The molecule has 3 amide bonds. The first-order chi connectivity index (χ1) is 14.5. The first kappa shape index (κ1) is 22.7. The number of hydrogen-bond acceptors (Lipinski definition) is 5. The van der Waals surface area contributed by atoms with Gasteiger partial charge in [0.15, 0.2) is 11.5 Å². The third-order valence-corrected chi connectivity index (χ3v) is 3.97. The lowest BCUT2D eigenvalue weighted by Gasteiger charge is -2.12. The van der Waals surface area contributed by atoms with Crippen molar-refractivity contribution >= 4 is 29.1 Å². The Labute approximate surface area is 175 Å². The van der Waals surface area contributed by atoms with Gasteiger partial charge in [-0.05, 0) is 50.2 Å². The number of carbonyl (C=O) groups is 3. The van der Waals surface area contributed by atoms with Crippen molar-refractivity contribution in [1.82, 2.24) is 5.32 Å². The van der Waals surface area contributed by atoms with Crippen LogP contribution in [-0.4, -0.2) is 37.5 Å². The van der Waals surface area contributed by atoms with Gasteiger partial charge in [-0.3, -0.25) is 14.4 Å². The molecule has 2 aromatic rings. The molecule has 2 aromatic carbocycles. The van der Waals surface area contributed by atoms with E-state index in [1.807, 2.05) is 13.8 Å². The predicted octanol–water partition coefficient (Wildman–Crippen LogP) is 3.20. The monoisotopic (exact) mass is 413 g/mol. The molecular weight excluding hydrogens is 386 g/mol. The third-order valence-electron chi connectivity index (χ3n) is 3.97. The normalized spacial score (nSPS) is 10.1. The molecule has 3 N–H and O–H groups in total. The third kappa shape index (κ3) is 6.80. The Morgan fingerprint density at radius 2 is 1.43 bits per heavy atom. The van der Waals surface area contributed by atoms with Crippen molar-refractivity contribution in [2.75, 3.05) is 30.4 Å². The molecule has 8 heteroatoms. The van der Waals surface area contributed by atoms with E-state index < -0.39 is 11.8 Å². The molecule has 0 atom stereocenters. The van der Waals surface area contributed by atoms with Gasteiger partial charge in [-0.1, -0.05) is 13.0 Å². The summed E-state index contributed by atoms with van der Waals surface area (Å²) in [6.07, 6.45) is 0.360. The number of rotatable bonds is 10. The van der Waals surface area contributed by atoms with Crippen molar-refractivity contribution in [1.29, 1.82) is 0 Å². The number of benzene rings is 2. The fourth-order valence-electron chi connectivity index (χ4n) is 2.58. The van der Waals surface area contributed by atoms with Gasteiger partial charge in [0.25, 0.3) is 5.91 Å². The maximum atomic E-state index is 12.4. The summed E-state index contributed by atoms with van der Waals surface area (Å²) >= 11 is 0. The fourth-order valence-corrected chi connectivity index (χ4v) is 2.58. The molecule has 160 valence electrons. The van der Waals surface area contributed by atoms with E-state index in [4.69, 9.17) is 9.47 Å². The fraction of sp³-hybridized carbons (Fsp3) is 0.318. The number of amides is 3. The standard InChI is InChI=1S/C22H27N3O5/c1-4-20(26)24-16-8-7-9-17(13-16)25-21(27)14-23-22(28)15-10-11-18(29-5-2)19(12-15)30-6-3/h7-13H,4-6,14H2,1-3H3,(H,23,28)(H,24,26)(H,25,27). The number of anilines is 2. The second kappa shape index (κ2) is 11.5. The van der Waals surface area contributed by atoms with Crippen LogP contribution in [0.15, 0.2) is 42.5 Å². The van der Waals surface area contributed by atoms with Crippen LogP contribution in [0.2, 0.25) is 0 Å². The molecule has 0 aromatic heterocycles. The van der Waals surface area contributed by atoms with Crippen LogP contribution in [0.4, 0.5) is 11.4 Å². The molecule has 0 aliphatic rings. The Kier molecular flexibility index (Phi) is 8.68. The van der Waals surface area contributed by atoms with Gasteiger partial charge in [-0.15, -0.1) is 0 Å². The minimum absolute atomic E-state index is 0.118. The van der Waals surface area contributed by atoms with Crippen LogP contribution in [0, 0.1) is 0 Å². The Balaban J connectivity index is 1.94. The highest BCUT2D eigenvalue weighted by Crippen LogP contribution is 2.28. The Hall–Kier alpha value is -3.55. The zero-order valence-electron chi connectivity index (χ0n) is 17.4. The second-order valence-corrected chi connectivity index (χ2v) is 6.24. The van der Waals surface area contributed by atoms with Gasteiger partial charge < -0.3 is 25.4 Å². The van der Waals surface area contributed by atoms with Crippen LogP contribution in [-0.2, 0) is 9.59 Å². The molecule has 30 heavy (non-hydrogen) atoms. The average molecular weight is 413 g/mol. The summed E-state index contributed by atoms with van der Waals surface area (Å²) < 4.78 is 11.0. The molecule has 0 bridgehead atoms. The molecule has 0 unspecified atom stereocenters. The molecule has 0 saturated heterocycles. The van der Waals surface area contributed by atoms with Crippen LogP contribution in [0.5, 0.6) is 11.5 Å². The highest BCUT2D eigenvalue weighted by Gasteiger charge is 2.13. The van der Waals surface area contributed by atoms with E-state index in [0.29, 0.717) is 48.1 Å². The minimum Gasteiger partial charge on any atom is -0.490 e. The van der Waals surface area contributed by atoms with Crippen molar-refractivity contribution in [3.05, 3.63) is 48.0 Å². The van der Waals surface area contributed by atoms with Gasteiger partial charge in [-0.2, -0.15) is 0 Å². The number of hydrogen-bond donors (Lipinski definition) is 3. The summed E-state index contributed by atoms with van der Waals surface area (Å²) in [5, 5.41) is 7.99. The quantitative estimate of drug-likeness (QED) is 0.555. The van der Waals surface area contributed by atoms with Gasteiger partial charge >= 0.3 is 0 Å². The SMILES string of the molecule is CCOc1ccc(C(=O)NCC(=O)Nc2cccc(NC(=O)CC)c2)cc1OCC. The van der Waals surface area contributed by atoms with Gasteiger partial charge in [-0.25, -0.2) is 0 Å². The minimum atomic E-state index is -0.405. The molecule has 0 saturated carbocycles. The van der Waals surface area contributed by atoms with Crippen molar-refractivity contribution in [3.63, 3.8) is 0 Å². The summed E-state index contributed by atoms with van der Waals surface area (Å²) in [5.41, 5.74) is 1.46. The van der Waals surface area contributed by atoms with Crippen LogP contribution in [0.25, 0.3) is 0 Å². The lowest BCUT2D eigenvalue weighted by Crippen LogP contribution is -2.32. The number of nitrogens with one attached hydrogen (secondary N) is 3. The molecular formula is C22H27N3O5. The molecule has 0 fully saturated rings. The topological polar surface area (TPSA) is 106 Å². The van der Waals surface area contributed by atoms with Crippen LogP contribution in [0.1, 0.15) is 37.6 Å². The average Bonchev–Trinajstić information content (AvgIpc) is 2.73. The maximum absolute atomic E-state index is 12.4. The van der Waals surface area contributed by atoms with E-state index in [9.17, 15) is 14.4 Å². The van der Waals surface area contributed by atoms with E-state index in [-0.39, 0.29) is 12.5 Å². The van der Waals surface area contributed by atoms with Crippen molar-refractivity contribution in [3.8, 4) is 11.5 Å². The molecule has 0 heterocycles. The number of ether oxygens (including phenoxy) is 2. The first-order valence-electron chi connectivity index (χ1n) is 9.84. The van der Waals surface area contributed by atoms with Gasteiger partial charge in [0, 0.05) is 23.4 Å². The first-order valence-corrected chi connectivity index (χ1v) is 9.84. The smallest absolute Gasteiger partial charge is 0.251 e. The molecule has 0 spiro atoms. The van der Waals surface area contributed by atoms with Crippen LogP contribution < -0.4 is 25.4 Å². The van der Waals surface area contributed by atoms with Gasteiger partial charge in [0.2, 0.25) is 11.8 Å². The van der Waals surface area contributed by atoms with Crippen LogP contribution in [0.3, 0.4) is 0 Å². The second-order valence-electron chi connectivity index (χ2n) is 6.24. The summed E-state index contributed by atoms with van der Waals surface area (Å²) in [6.45, 7) is 6.17. The summed E-state index contributed by atoms with van der Waals surface area (Å²) in [4.78, 5) is 36.1. The Morgan fingerprint density at radius 1 is 0.800 bits per heavy atom. The molecule has 0 aliphatic heterocycles. The molecule has 8 nitrogen and oxygen atoms in total. The molecule has 0 radical (unpaired) electrons. The molecule has 0 aliphatic carbocycles. The van der Waals surface area contributed by atoms with Crippen molar-refractivity contribution < 1.29 is 23.9 Å². The van der Waals surface area contributed by atoms with Crippen molar-refractivity contribution in [2.45, 2.75) is 27.2 Å². The van der Waals surface area contributed by atoms with E-state index in [2.05, 4.69) is 16.0 Å². The summed E-state index contributed by atoms with van der Waals surface area (Å²) in [7, 11) is 0. The largest absolute Gasteiger partial charge is 0.490 e. The van der Waals surface area contributed by atoms with E-state index in [1.54, 1.807) is 49.4 Å². The van der Waals surface area contributed by atoms with Gasteiger partial charge in [0.05, 0.1) is 19.8 Å². The summed E-state index contributed by atoms with van der Waals surface area (Å²) in [5.74, 6) is 0.120. The van der Waals surface area contributed by atoms with E-state index >= 15 is 0 Å². The molecule has 2 rings (SSSR count). The summed E-state index contributed by atoms with van der Waals surface area (Å²) in [6, 6.07) is 11.7. The zero-order chi connectivity index (χ0) is 21.9. The van der Waals surface area contributed by atoms with Crippen LogP contribution >= 0.6 is 0 Å². The Morgan fingerprint density at radius 3 is 2.07 bits per heavy atom.